The van der Waals surface area contributed by atoms with E-state index in [9.17, 15) is 27.6 Å². The minimum absolute atomic E-state index is 0.103. The molecule has 1 aromatic heterocycles. The van der Waals surface area contributed by atoms with Crippen LogP contribution in [-0.2, 0) is 25.6 Å². The van der Waals surface area contributed by atoms with Gasteiger partial charge in [-0.3, -0.25) is 9.59 Å². The minimum atomic E-state index is -5.29. The third-order valence-corrected chi connectivity index (χ3v) is 6.48. The molecule has 4 rings (SSSR count). The molecule has 0 bridgehead atoms. The lowest BCUT2D eigenvalue weighted by Crippen LogP contribution is -2.33. The maximum atomic E-state index is 15.0. The Kier molecular flexibility index (Phi) is 7.94. The first-order valence-electron chi connectivity index (χ1n) is 11.9. The molecule has 0 amide bonds. The van der Waals surface area contributed by atoms with Gasteiger partial charge in [0.2, 0.25) is 0 Å². The molecule has 2 aromatic rings. The smallest absolute Gasteiger partial charge is 0.385 e. The van der Waals surface area contributed by atoms with Crippen molar-refractivity contribution in [3.63, 3.8) is 0 Å². The molecule has 2 aliphatic rings. The number of ether oxygens (including phenoxy) is 2. The van der Waals surface area contributed by atoms with Crippen molar-refractivity contribution in [2.45, 2.75) is 63.3 Å². The van der Waals surface area contributed by atoms with E-state index in [-0.39, 0.29) is 29.6 Å². The van der Waals surface area contributed by atoms with Gasteiger partial charge in [-0.05, 0) is 31.4 Å². The number of hydrogen-bond acceptors (Lipinski definition) is 7. The van der Waals surface area contributed by atoms with Gasteiger partial charge in [0.15, 0.2) is 5.43 Å². The Morgan fingerprint density at radius 2 is 1.89 bits per heavy atom. The molecule has 196 valence electrons. The van der Waals surface area contributed by atoms with E-state index in [2.05, 4.69) is 15.4 Å². The van der Waals surface area contributed by atoms with E-state index < -0.39 is 35.9 Å². The Hall–Kier alpha value is -2.99. The Morgan fingerprint density at radius 1 is 1.14 bits per heavy atom. The Balaban J connectivity index is 1.58. The molecular formula is C24H27F4N3O5. The van der Waals surface area contributed by atoms with Crippen molar-refractivity contribution in [3.05, 3.63) is 39.9 Å². The number of aromatic nitrogens is 1. The number of benzene rings is 1. The highest BCUT2D eigenvalue weighted by molar-refractivity contribution is 5.89. The quantitative estimate of drug-likeness (QED) is 0.332. The molecule has 0 radical (unpaired) electrons. The average molecular weight is 513 g/mol. The maximum absolute atomic E-state index is 15.0. The van der Waals surface area contributed by atoms with Crippen LogP contribution in [0.1, 0.15) is 50.1 Å². The predicted octanol–water partition coefficient (Wildman–Crippen LogP) is 3.57. The average Bonchev–Trinajstić information content (AvgIpc) is 3.36. The molecule has 2 heterocycles. The SMILES string of the molecule is O=C(CNCc1cn(C2CCOC2)c2cc(NC3CCCCC3)c(F)cc2c1=O)OC(=O)C(F)(F)F. The number of esters is 2. The summed E-state index contributed by atoms with van der Waals surface area (Å²) >= 11 is 0. The van der Waals surface area contributed by atoms with Crippen molar-refractivity contribution in [3.8, 4) is 0 Å². The molecule has 1 atom stereocenters. The number of rotatable bonds is 7. The molecule has 0 spiro atoms. The van der Waals surface area contributed by atoms with Crippen LogP contribution in [0, 0.1) is 5.82 Å². The van der Waals surface area contributed by atoms with Crippen LogP contribution in [0.4, 0.5) is 23.2 Å². The number of hydrogen-bond donors (Lipinski definition) is 2. The molecule has 1 aliphatic carbocycles. The minimum Gasteiger partial charge on any atom is -0.385 e. The fourth-order valence-electron chi connectivity index (χ4n) is 4.67. The number of nitrogens with one attached hydrogen (secondary N) is 2. The van der Waals surface area contributed by atoms with Crippen LogP contribution in [0.25, 0.3) is 10.9 Å². The third kappa shape index (κ3) is 6.04. The summed E-state index contributed by atoms with van der Waals surface area (Å²) in [6, 6.07) is 2.88. The molecule has 2 fully saturated rings. The first kappa shape index (κ1) is 26.1. The van der Waals surface area contributed by atoms with Gasteiger partial charge >= 0.3 is 18.1 Å². The van der Waals surface area contributed by atoms with Gasteiger partial charge in [-0.1, -0.05) is 19.3 Å². The highest BCUT2D eigenvalue weighted by Crippen LogP contribution is 2.29. The van der Waals surface area contributed by atoms with Crippen LogP contribution in [0.15, 0.2) is 23.1 Å². The predicted molar refractivity (Wildman–Crippen MR) is 122 cm³/mol. The second kappa shape index (κ2) is 11.0. The van der Waals surface area contributed by atoms with Crippen molar-refractivity contribution < 1.29 is 36.6 Å². The number of fused-ring (bicyclic) bond motifs is 1. The van der Waals surface area contributed by atoms with Crippen LogP contribution >= 0.6 is 0 Å². The van der Waals surface area contributed by atoms with Gasteiger partial charge in [0, 0.05) is 36.3 Å². The van der Waals surface area contributed by atoms with Crippen LogP contribution < -0.4 is 16.1 Å². The zero-order valence-electron chi connectivity index (χ0n) is 19.5. The normalized spacial score (nSPS) is 18.9. The molecule has 36 heavy (non-hydrogen) atoms. The van der Waals surface area contributed by atoms with E-state index in [4.69, 9.17) is 4.74 Å². The number of nitrogens with zero attached hydrogens (tertiary/aromatic N) is 1. The van der Waals surface area contributed by atoms with Crippen molar-refractivity contribution >= 4 is 28.5 Å². The Bertz CT molecular complexity index is 1180. The summed E-state index contributed by atoms with van der Waals surface area (Å²) in [5.74, 6) is -4.61. The van der Waals surface area contributed by atoms with Crippen molar-refractivity contribution in [2.24, 2.45) is 0 Å². The van der Waals surface area contributed by atoms with E-state index in [0.29, 0.717) is 30.8 Å². The summed E-state index contributed by atoms with van der Waals surface area (Å²) in [4.78, 5) is 35.5. The second-order valence-corrected chi connectivity index (χ2v) is 9.10. The summed E-state index contributed by atoms with van der Waals surface area (Å²) in [6.45, 7) is -0.00933. The number of anilines is 1. The summed E-state index contributed by atoms with van der Waals surface area (Å²) in [6.07, 6.45) is 2.18. The Morgan fingerprint density at radius 3 is 2.56 bits per heavy atom. The van der Waals surface area contributed by atoms with Crippen LogP contribution in [0.2, 0.25) is 0 Å². The van der Waals surface area contributed by atoms with Crippen LogP contribution in [-0.4, -0.2) is 48.5 Å². The standard InChI is InChI=1S/C24H27F4N3O5/c25-18-8-17-20(9-19(18)30-15-4-2-1-3-5-15)31(16-6-7-35-13-16)12-14(22(17)33)10-29-11-21(32)36-23(34)24(26,27)28/h8-9,12,15-16,29-30H,1-7,10-11,13H2. The van der Waals surface area contributed by atoms with E-state index >= 15 is 4.39 Å². The van der Waals surface area contributed by atoms with Gasteiger partial charge in [0.1, 0.15) is 5.82 Å². The van der Waals surface area contributed by atoms with E-state index in [0.717, 1.165) is 32.1 Å². The molecular weight excluding hydrogens is 486 g/mol. The van der Waals surface area contributed by atoms with Gasteiger partial charge in [-0.15, -0.1) is 0 Å². The van der Waals surface area contributed by atoms with Crippen molar-refractivity contribution in [1.29, 1.82) is 0 Å². The number of pyridine rings is 1. The van der Waals surface area contributed by atoms with Crippen LogP contribution in [0.5, 0.6) is 0 Å². The zero-order valence-corrected chi connectivity index (χ0v) is 19.5. The fourth-order valence-corrected chi connectivity index (χ4v) is 4.67. The lowest BCUT2D eigenvalue weighted by molar-refractivity contribution is -0.201. The van der Waals surface area contributed by atoms with Gasteiger partial charge in [-0.25, -0.2) is 9.18 Å². The lowest BCUT2D eigenvalue weighted by atomic mass is 9.95. The van der Waals surface area contributed by atoms with Crippen LogP contribution in [0.3, 0.4) is 0 Å². The number of alkyl halides is 3. The highest BCUT2D eigenvalue weighted by atomic mass is 19.4. The maximum Gasteiger partial charge on any atom is 0.491 e. The van der Waals surface area contributed by atoms with E-state index in [1.807, 2.05) is 4.57 Å². The second-order valence-electron chi connectivity index (χ2n) is 9.10. The number of carbonyl (C=O) groups is 2. The Labute approximate surface area is 203 Å². The number of halogens is 4. The first-order chi connectivity index (χ1) is 17.1. The van der Waals surface area contributed by atoms with Crippen molar-refractivity contribution in [1.82, 2.24) is 9.88 Å². The molecule has 1 aliphatic heterocycles. The molecule has 12 heteroatoms. The summed E-state index contributed by atoms with van der Waals surface area (Å²) < 4.78 is 62.8. The molecule has 1 unspecified atom stereocenters. The summed E-state index contributed by atoms with van der Waals surface area (Å²) in [5, 5.41) is 5.93. The molecule has 1 saturated carbocycles. The molecule has 1 aromatic carbocycles. The zero-order chi connectivity index (χ0) is 25.9. The van der Waals surface area contributed by atoms with Gasteiger partial charge in [0.05, 0.1) is 30.4 Å². The van der Waals surface area contributed by atoms with Crippen molar-refractivity contribution in [2.75, 3.05) is 25.1 Å². The van der Waals surface area contributed by atoms with Gasteiger partial charge < -0.3 is 24.7 Å². The monoisotopic (exact) mass is 513 g/mol. The molecule has 8 nitrogen and oxygen atoms in total. The largest absolute Gasteiger partial charge is 0.491 e. The van der Waals surface area contributed by atoms with Gasteiger partial charge in [0.25, 0.3) is 0 Å². The van der Waals surface area contributed by atoms with Gasteiger partial charge in [-0.2, -0.15) is 13.2 Å². The number of carbonyl (C=O) groups excluding carboxylic acids is 2. The van der Waals surface area contributed by atoms with E-state index in [1.54, 1.807) is 12.3 Å². The topological polar surface area (TPSA) is 98.7 Å². The molecule has 2 N–H and O–H groups in total. The van der Waals surface area contributed by atoms with E-state index in [1.165, 1.54) is 6.07 Å². The lowest BCUT2D eigenvalue weighted by Gasteiger charge is -2.25. The fraction of sp³-hybridized carbons (Fsp3) is 0.542. The molecule has 1 saturated heterocycles. The summed E-state index contributed by atoms with van der Waals surface area (Å²) in [5.41, 5.74) is 0.561. The first-order valence-corrected chi connectivity index (χ1v) is 11.9. The highest BCUT2D eigenvalue weighted by Gasteiger charge is 2.42. The summed E-state index contributed by atoms with van der Waals surface area (Å²) in [7, 11) is 0. The third-order valence-electron chi connectivity index (χ3n) is 6.48.